The molecule has 1 unspecified atom stereocenters. The normalized spacial score (nSPS) is 14.8. The van der Waals surface area contributed by atoms with Gasteiger partial charge in [-0.05, 0) is 63.3 Å². The van der Waals surface area contributed by atoms with Gasteiger partial charge in [0.25, 0.3) is 0 Å². The van der Waals surface area contributed by atoms with Crippen LogP contribution in [0.15, 0.2) is 30.3 Å². The highest BCUT2D eigenvalue weighted by atomic mass is 19.4. The fourth-order valence-electron chi connectivity index (χ4n) is 4.35. The first-order chi connectivity index (χ1) is 17.8. The number of Topliss-reactive ketones (excluding diaryl/α,β-unsaturated/α-hetero) is 1. The molecule has 1 aromatic heterocycles. The maximum atomic E-state index is 13.3. The van der Waals surface area contributed by atoms with Crippen LogP contribution in [0.3, 0.4) is 0 Å². The number of carbonyl (C=O) groups excluding carboxylic acids is 2. The van der Waals surface area contributed by atoms with Crippen molar-refractivity contribution in [3.8, 4) is 5.75 Å². The Hall–Kier alpha value is -3.30. The van der Waals surface area contributed by atoms with Crippen molar-refractivity contribution in [1.82, 2.24) is 10.3 Å². The number of ketones is 1. The molecule has 1 aromatic carbocycles. The molecule has 2 aromatic rings. The van der Waals surface area contributed by atoms with Crippen LogP contribution in [-0.4, -0.2) is 42.7 Å². The summed E-state index contributed by atoms with van der Waals surface area (Å²) in [6, 6.07) is 7.80. The largest absolute Gasteiger partial charge is 0.496 e. The van der Waals surface area contributed by atoms with Crippen LogP contribution in [0.2, 0.25) is 0 Å². The molecule has 1 fully saturated rings. The molecule has 0 radical (unpaired) electrons. The van der Waals surface area contributed by atoms with E-state index in [2.05, 4.69) is 10.3 Å². The molecule has 1 aliphatic rings. The topological polar surface area (TPSA) is 80.8 Å². The van der Waals surface area contributed by atoms with Crippen LogP contribution in [-0.2, 0) is 28.7 Å². The van der Waals surface area contributed by atoms with Crippen LogP contribution in [0.25, 0.3) is 0 Å². The van der Waals surface area contributed by atoms with E-state index in [1.807, 2.05) is 11.0 Å². The van der Waals surface area contributed by atoms with Crippen molar-refractivity contribution in [2.24, 2.45) is 0 Å². The Balaban J connectivity index is 1.68. The first-order valence-corrected chi connectivity index (χ1v) is 12.8. The number of benzene rings is 1. The Labute approximate surface area is 221 Å². The van der Waals surface area contributed by atoms with Crippen molar-refractivity contribution >= 4 is 17.7 Å². The van der Waals surface area contributed by atoms with Crippen molar-refractivity contribution in [1.29, 1.82) is 0 Å². The predicted molar refractivity (Wildman–Crippen MR) is 138 cm³/mol. The molecular formula is C28H36F3N3O4. The molecule has 1 atom stereocenters. The van der Waals surface area contributed by atoms with Crippen molar-refractivity contribution in [3.05, 3.63) is 52.7 Å². The van der Waals surface area contributed by atoms with Crippen LogP contribution < -0.4 is 15.0 Å². The molecule has 1 amide bonds. The van der Waals surface area contributed by atoms with Gasteiger partial charge in [-0.15, -0.1) is 0 Å². The van der Waals surface area contributed by atoms with Gasteiger partial charge in [0.15, 0.2) is 0 Å². The van der Waals surface area contributed by atoms with E-state index in [0.717, 1.165) is 30.0 Å². The van der Waals surface area contributed by atoms with E-state index in [4.69, 9.17) is 9.47 Å². The summed E-state index contributed by atoms with van der Waals surface area (Å²) in [6.45, 7) is 8.63. The fourth-order valence-corrected chi connectivity index (χ4v) is 4.35. The number of ether oxygens (including phenoxy) is 2. The number of aryl methyl sites for hydroxylation is 1. The molecule has 0 aliphatic carbocycles. The third-order valence-corrected chi connectivity index (χ3v) is 6.41. The minimum Gasteiger partial charge on any atom is -0.496 e. The second-order valence-corrected chi connectivity index (χ2v) is 10.5. The molecule has 0 saturated carbocycles. The van der Waals surface area contributed by atoms with Gasteiger partial charge in [-0.25, -0.2) is 9.78 Å². The molecule has 0 spiro atoms. The van der Waals surface area contributed by atoms with Gasteiger partial charge in [-0.1, -0.05) is 25.1 Å². The second kappa shape index (κ2) is 12.0. The quantitative estimate of drug-likeness (QED) is 0.422. The SMILES string of the molecule is COc1cc(C(C)C(=O)CCc2ccc(C(F)(F)F)nc2N2CCCC2)ccc1CNC(=O)OC(C)(C)C. The number of anilines is 1. The Bertz CT molecular complexity index is 1140. The zero-order chi connectivity index (χ0) is 28.1. The van der Waals surface area contributed by atoms with E-state index in [-0.39, 0.29) is 18.7 Å². The number of rotatable bonds is 9. The first-order valence-electron chi connectivity index (χ1n) is 12.8. The lowest BCUT2D eigenvalue weighted by molar-refractivity contribution is -0.141. The molecule has 38 heavy (non-hydrogen) atoms. The van der Waals surface area contributed by atoms with Crippen molar-refractivity contribution in [2.75, 3.05) is 25.1 Å². The van der Waals surface area contributed by atoms with Gasteiger partial charge in [0.2, 0.25) is 0 Å². The maximum absolute atomic E-state index is 13.3. The lowest BCUT2D eigenvalue weighted by Crippen LogP contribution is -2.32. The van der Waals surface area contributed by atoms with Crippen LogP contribution >= 0.6 is 0 Å². The van der Waals surface area contributed by atoms with E-state index in [9.17, 15) is 22.8 Å². The van der Waals surface area contributed by atoms with E-state index in [1.165, 1.54) is 13.2 Å². The molecule has 10 heteroatoms. The van der Waals surface area contributed by atoms with Crippen LogP contribution in [0.1, 0.15) is 75.3 Å². The fraction of sp³-hybridized carbons (Fsp3) is 0.536. The molecule has 7 nitrogen and oxygen atoms in total. The number of carbonyl (C=O) groups is 2. The smallest absolute Gasteiger partial charge is 0.433 e. The number of alkyl halides is 3. The number of nitrogens with one attached hydrogen (secondary N) is 1. The second-order valence-electron chi connectivity index (χ2n) is 10.5. The minimum atomic E-state index is -4.52. The molecule has 1 N–H and O–H groups in total. The van der Waals surface area contributed by atoms with Crippen molar-refractivity contribution < 1.29 is 32.2 Å². The van der Waals surface area contributed by atoms with Crippen LogP contribution in [0.4, 0.5) is 23.8 Å². The molecule has 208 valence electrons. The first kappa shape index (κ1) is 29.3. The standard InChI is InChI=1S/C28H36F3N3O4/c1-18(20-8-9-21(23(16-20)37-5)17-32-26(36)38-27(2,3)4)22(35)12-10-19-11-13-24(28(29,30)31)33-25(19)34-14-6-7-15-34/h8-9,11,13,16,18H,6-7,10,12,14-15,17H2,1-5H3,(H,32,36). The van der Waals surface area contributed by atoms with Crippen LogP contribution in [0, 0.1) is 0 Å². The van der Waals surface area contributed by atoms with E-state index < -0.39 is 29.5 Å². The molecule has 2 heterocycles. The monoisotopic (exact) mass is 535 g/mol. The summed E-state index contributed by atoms with van der Waals surface area (Å²) in [5.41, 5.74) is 0.586. The zero-order valence-corrected chi connectivity index (χ0v) is 22.6. The van der Waals surface area contributed by atoms with Gasteiger partial charge in [0.05, 0.1) is 7.11 Å². The summed E-state index contributed by atoms with van der Waals surface area (Å²) in [5, 5.41) is 2.69. The van der Waals surface area contributed by atoms with E-state index in [1.54, 1.807) is 39.8 Å². The Morgan fingerprint density at radius 1 is 1.08 bits per heavy atom. The Kier molecular flexibility index (Phi) is 9.27. The number of amides is 1. The number of pyridine rings is 1. The lowest BCUT2D eigenvalue weighted by atomic mass is 9.92. The molecule has 1 aliphatic heterocycles. The van der Waals surface area contributed by atoms with E-state index >= 15 is 0 Å². The van der Waals surface area contributed by atoms with Gasteiger partial charge in [0, 0.05) is 37.5 Å². The van der Waals surface area contributed by atoms with Crippen molar-refractivity contribution in [3.63, 3.8) is 0 Å². The molecule has 3 rings (SSSR count). The highest BCUT2D eigenvalue weighted by molar-refractivity contribution is 5.85. The Morgan fingerprint density at radius 2 is 1.74 bits per heavy atom. The summed E-state index contributed by atoms with van der Waals surface area (Å²) >= 11 is 0. The average molecular weight is 536 g/mol. The Morgan fingerprint density at radius 3 is 2.34 bits per heavy atom. The molecular weight excluding hydrogens is 499 g/mol. The van der Waals surface area contributed by atoms with Gasteiger partial charge >= 0.3 is 12.3 Å². The minimum absolute atomic E-state index is 0.0426. The van der Waals surface area contributed by atoms with Crippen molar-refractivity contribution in [2.45, 2.75) is 77.6 Å². The van der Waals surface area contributed by atoms with Gasteiger partial charge in [-0.2, -0.15) is 13.2 Å². The number of aromatic nitrogens is 1. The third kappa shape index (κ3) is 7.85. The number of hydrogen-bond donors (Lipinski definition) is 1. The number of hydrogen-bond acceptors (Lipinski definition) is 6. The summed E-state index contributed by atoms with van der Waals surface area (Å²) in [7, 11) is 1.51. The lowest BCUT2D eigenvalue weighted by Gasteiger charge is -2.22. The van der Waals surface area contributed by atoms with E-state index in [0.29, 0.717) is 36.6 Å². The number of methoxy groups -OCH3 is 1. The number of nitrogens with zero attached hydrogens (tertiary/aromatic N) is 2. The van der Waals surface area contributed by atoms with Crippen LogP contribution in [0.5, 0.6) is 5.75 Å². The number of halogens is 3. The summed E-state index contributed by atoms with van der Waals surface area (Å²) in [4.78, 5) is 30.8. The van der Waals surface area contributed by atoms with Gasteiger partial charge in [0.1, 0.15) is 28.6 Å². The summed E-state index contributed by atoms with van der Waals surface area (Å²) in [6.07, 6.45) is -2.80. The van der Waals surface area contributed by atoms with Gasteiger partial charge in [-0.3, -0.25) is 4.79 Å². The summed E-state index contributed by atoms with van der Waals surface area (Å²) < 4.78 is 50.5. The average Bonchev–Trinajstić information content (AvgIpc) is 3.38. The number of alkyl carbamates (subject to hydrolysis) is 1. The predicted octanol–water partition coefficient (Wildman–Crippen LogP) is 6.04. The van der Waals surface area contributed by atoms with Gasteiger partial charge < -0.3 is 19.7 Å². The maximum Gasteiger partial charge on any atom is 0.433 e. The summed E-state index contributed by atoms with van der Waals surface area (Å²) in [5.74, 6) is 0.358. The zero-order valence-electron chi connectivity index (χ0n) is 22.6. The third-order valence-electron chi connectivity index (χ3n) is 6.41. The molecule has 1 saturated heterocycles. The molecule has 0 bridgehead atoms. The highest BCUT2D eigenvalue weighted by Gasteiger charge is 2.34. The highest BCUT2D eigenvalue weighted by Crippen LogP contribution is 2.33.